The number of non-ortho nitro benzene ring substituents is 1. The molecular formula is C26H18FN3O6S. The van der Waals surface area contributed by atoms with Crippen LogP contribution in [0.25, 0.3) is 16.0 Å². The van der Waals surface area contributed by atoms with Gasteiger partial charge in [-0.1, -0.05) is 23.5 Å². The van der Waals surface area contributed by atoms with Gasteiger partial charge in [0.1, 0.15) is 17.3 Å². The lowest BCUT2D eigenvalue weighted by Crippen LogP contribution is -2.29. The lowest BCUT2D eigenvalue weighted by molar-refractivity contribution is -0.384. The van der Waals surface area contributed by atoms with E-state index in [-0.39, 0.29) is 22.0 Å². The SMILES string of the molecule is CCOc1cccc(/C(O)=C2\C(=O)C(=O)N(c3nc4ccc(F)cc4s3)C2c2ccc([N+](=O)[O-])cc2)c1. The predicted molar refractivity (Wildman–Crippen MR) is 135 cm³/mol. The van der Waals surface area contributed by atoms with Gasteiger partial charge in [0.2, 0.25) is 0 Å². The summed E-state index contributed by atoms with van der Waals surface area (Å²) in [6.45, 7) is 2.19. The Labute approximate surface area is 213 Å². The zero-order chi connectivity index (χ0) is 26.3. The molecule has 5 rings (SSSR count). The van der Waals surface area contributed by atoms with Crippen molar-refractivity contribution in [2.75, 3.05) is 11.5 Å². The molecule has 1 N–H and O–H groups in total. The van der Waals surface area contributed by atoms with Crippen LogP contribution < -0.4 is 9.64 Å². The second-order valence-corrected chi connectivity index (χ2v) is 9.10. The Morgan fingerprint density at radius 2 is 1.92 bits per heavy atom. The maximum atomic E-state index is 13.8. The van der Waals surface area contributed by atoms with E-state index in [0.29, 0.717) is 28.1 Å². The van der Waals surface area contributed by atoms with Crippen LogP contribution in [0.5, 0.6) is 5.75 Å². The van der Waals surface area contributed by atoms with Crippen molar-refractivity contribution >= 4 is 49.8 Å². The van der Waals surface area contributed by atoms with Crippen LogP contribution in [0.2, 0.25) is 0 Å². The van der Waals surface area contributed by atoms with Crippen LogP contribution in [-0.2, 0) is 9.59 Å². The van der Waals surface area contributed by atoms with Gasteiger partial charge in [0.25, 0.3) is 11.5 Å². The third kappa shape index (κ3) is 4.29. The minimum Gasteiger partial charge on any atom is -0.507 e. The van der Waals surface area contributed by atoms with Crippen LogP contribution in [-0.4, -0.2) is 33.3 Å². The van der Waals surface area contributed by atoms with Gasteiger partial charge in [-0.05, 0) is 55.0 Å². The van der Waals surface area contributed by atoms with Crippen molar-refractivity contribution in [3.05, 3.63) is 99.4 Å². The largest absolute Gasteiger partial charge is 0.507 e. The molecule has 0 saturated carbocycles. The number of fused-ring (bicyclic) bond motifs is 1. The highest BCUT2D eigenvalue weighted by Crippen LogP contribution is 2.44. The normalized spacial score (nSPS) is 16.9. The summed E-state index contributed by atoms with van der Waals surface area (Å²) in [5.74, 6) is -2.34. The third-order valence-electron chi connectivity index (χ3n) is 5.83. The highest BCUT2D eigenvalue weighted by Gasteiger charge is 2.48. The molecule has 0 bridgehead atoms. The van der Waals surface area contributed by atoms with E-state index in [4.69, 9.17) is 4.74 Å². The molecule has 1 fully saturated rings. The van der Waals surface area contributed by atoms with E-state index in [1.807, 2.05) is 0 Å². The number of ether oxygens (including phenoxy) is 1. The number of carbonyl (C=O) groups is 2. The van der Waals surface area contributed by atoms with Crippen molar-refractivity contribution in [1.82, 2.24) is 4.98 Å². The summed E-state index contributed by atoms with van der Waals surface area (Å²) in [6, 6.07) is 14.6. The fourth-order valence-corrected chi connectivity index (χ4v) is 5.19. The van der Waals surface area contributed by atoms with E-state index in [0.717, 1.165) is 16.2 Å². The molecule has 37 heavy (non-hydrogen) atoms. The fraction of sp³-hybridized carbons (Fsp3) is 0.115. The van der Waals surface area contributed by atoms with Crippen molar-refractivity contribution < 1.29 is 28.7 Å². The molecule has 0 radical (unpaired) electrons. The average Bonchev–Trinajstić information content (AvgIpc) is 3.41. The number of hydrogen-bond donors (Lipinski definition) is 1. The van der Waals surface area contributed by atoms with E-state index in [2.05, 4.69) is 4.98 Å². The van der Waals surface area contributed by atoms with Gasteiger partial charge in [-0.3, -0.25) is 24.6 Å². The molecule has 1 atom stereocenters. The molecule has 1 aliphatic rings. The number of rotatable bonds is 6. The first-order chi connectivity index (χ1) is 17.8. The monoisotopic (exact) mass is 519 g/mol. The zero-order valence-electron chi connectivity index (χ0n) is 19.3. The van der Waals surface area contributed by atoms with Gasteiger partial charge in [0, 0.05) is 17.7 Å². The Bertz CT molecular complexity index is 1600. The molecule has 186 valence electrons. The van der Waals surface area contributed by atoms with Gasteiger partial charge in [-0.15, -0.1) is 0 Å². The Morgan fingerprint density at radius 3 is 2.62 bits per heavy atom. The van der Waals surface area contributed by atoms with E-state index in [1.54, 1.807) is 31.2 Å². The first-order valence-electron chi connectivity index (χ1n) is 11.1. The molecule has 1 aliphatic heterocycles. The second kappa shape index (κ2) is 9.43. The highest BCUT2D eigenvalue weighted by atomic mass is 32.1. The molecule has 2 heterocycles. The molecule has 9 nitrogen and oxygen atoms in total. The summed E-state index contributed by atoms with van der Waals surface area (Å²) >= 11 is 1.01. The number of hydrogen-bond acceptors (Lipinski definition) is 8. The van der Waals surface area contributed by atoms with Gasteiger partial charge in [0.15, 0.2) is 5.13 Å². The first-order valence-corrected chi connectivity index (χ1v) is 11.9. The number of aromatic nitrogens is 1. The van der Waals surface area contributed by atoms with Gasteiger partial charge in [-0.25, -0.2) is 9.37 Å². The Morgan fingerprint density at radius 1 is 1.16 bits per heavy atom. The quantitative estimate of drug-likeness (QED) is 0.119. The summed E-state index contributed by atoms with van der Waals surface area (Å²) < 4.78 is 19.7. The van der Waals surface area contributed by atoms with E-state index in [1.165, 1.54) is 42.5 Å². The number of halogens is 1. The number of aliphatic hydroxyl groups is 1. The summed E-state index contributed by atoms with van der Waals surface area (Å²) in [6.07, 6.45) is 0. The number of carbonyl (C=O) groups excluding carboxylic acids is 2. The zero-order valence-corrected chi connectivity index (χ0v) is 20.1. The maximum Gasteiger partial charge on any atom is 0.301 e. The minimum atomic E-state index is -1.14. The van der Waals surface area contributed by atoms with Crippen molar-refractivity contribution in [2.45, 2.75) is 13.0 Å². The number of nitro benzene ring substituents is 1. The highest BCUT2D eigenvalue weighted by molar-refractivity contribution is 7.22. The van der Waals surface area contributed by atoms with Crippen LogP contribution >= 0.6 is 11.3 Å². The van der Waals surface area contributed by atoms with Gasteiger partial charge in [-0.2, -0.15) is 0 Å². The number of benzene rings is 3. The molecule has 0 aliphatic carbocycles. The standard InChI is InChI=1S/C26H18FN3O6S/c1-2-36-18-5-3-4-15(12-18)23(31)21-22(14-6-9-17(10-7-14)30(34)35)29(25(33)24(21)32)26-28-19-11-8-16(27)13-20(19)37-26/h3-13,22,31H,2H2,1H3/b23-21+. The van der Waals surface area contributed by atoms with Crippen LogP contribution in [0.4, 0.5) is 15.2 Å². The van der Waals surface area contributed by atoms with Crippen LogP contribution in [0.15, 0.2) is 72.3 Å². The molecule has 4 aromatic rings. The van der Waals surface area contributed by atoms with E-state index >= 15 is 0 Å². The summed E-state index contributed by atoms with van der Waals surface area (Å²) in [4.78, 5) is 42.8. The number of Topliss-reactive ketones (excluding diaryl/α,β-unsaturated/α-hetero) is 1. The van der Waals surface area contributed by atoms with Crippen molar-refractivity contribution in [2.24, 2.45) is 0 Å². The lowest BCUT2D eigenvalue weighted by Gasteiger charge is -2.23. The Balaban J connectivity index is 1.71. The summed E-state index contributed by atoms with van der Waals surface area (Å²) in [7, 11) is 0. The Hall–Kier alpha value is -4.64. The maximum absolute atomic E-state index is 13.8. The molecule has 11 heteroatoms. The van der Waals surface area contributed by atoms with Crippen LogP contribution in [0.1, 0.15) is 24.1 Å². The molecular weight excluding hydrogens is 501 g/mol. The predicted octanol–water partition coefficient (Wildman–Crippen LogP) is 5.37. The van der Waals surface area contributed by atoms with Crippen LogP contribution in [0, 0.1) is 15.9 Å². The molecule has 0 spiro atoms. The minimum absolute atomic E-state index is 0.119. The number of anilines is 1. The molecule has 1 unspecified atom stereocenters. The Kier molecular flexibility index (Phi) is 6.14. The summed E-state index contributed by atoms with van der Waals surface area (Å²) in [5.41, 5.74) is 0.633. The third-order valence-corrected chi connectivity index (χ3v) is 6.85. The number of amides is 1. The molecule has 1 amide bonds. The van der Waals surface area contributed by atoms with Crippen molar-refractivity contribution in [3.63, 3.8) is 0 Å². The van der Waals surface area contributed by atoms with Gasteiger partial charge >= 0.3 is 5.91 Å². The molecule has 1 aromatic heterocycles. The lowest BCUT2D eigenvalue weighted by atomic mass is 9.95. The number of nitrogens with zero attached hydrogens (tertiary/aromatic N) is 3. The number of nitro groups is 1. The van der Waals surface area contributed by atoms with Gasteiger partial charge in [0.05, 0.1) is 33.4 Å². The number of aliphatic hydroxyl groups excluding tert-OH is 1. The van der Waals surface area contributed by atoms with E-state index in [9.17, 15) is 29.2 Å². The fourth-order valence-electron chi connectivity index (χ4n) is 4.17. The van der Waals surface area contributed by atoms with Crippen molar-refractivity contribution in [3.8, 4) is 5.75 Å². The topological polar surface area (TPSA) is 123 Å². The van der Waals surface area contributed by atoms with Crippen LogP contribution in [0.3, 0.4) is 0 Å². The summed E-state index contributed by atoms with van der Waals surface area (Å²) in [5, 5.41) is 22.6. The average molecular weight is 520 g/mol. The number of thiazole rings is 1. The molecule has 1 saturated heterocycles. The molecule has 3 aromatic carbocycles. The first kappa shape index (κ1) is 24.1. The van der Waals surface area contributed by atoms with Crippen molar-refractivity contribution in [1.29, 1.82) is 0 Å². The smallest absolute Gasteiger partial charge is 0.301 e. The van der Waals surface area contributed by atoms with Gasteiger partial charge < -0.3 is 9.84 Å². The number of ketones is 1. The van der Waals surface area contributed by atoms with E-state index < -0.39 is 34.2 Å². The second-order valence-electron chi connectivity index (χ2n) is 8.09.